The fourth-order valence-corrected chi connectivity index (χ4v) is 7.30. The smallest absolute Gasteiger partial charge is 0.346 e. The zero-order valence-corrected chi connectivity index (χ0v) is 22.6. The van der Waals surface area contributed by atoms with Crippen LogP contribution in [0.1, 0.15) is 43.9 Å². The van der Waals surface area contributed by atoms with Crippen molar-refractivity contribution in [1.29, 1.82) is 0 Å². The van der Waals surface area contributed by atoms with Gasteiger partial charge in [0.2, 0.25) is 0 Å². The molecular formula is C23H30N2O12P2. The van der Waals surface area contributed by atoms with Gasteiger partial charge in [0.25, 0.3) is 5.56 Å². The Hall–Kier alpha value is -1.96. The number of hydrogen-bond acceptors (Lipinski definition) is 10. The monoisotopic (exact) mass is 588 g/mol. The lowest BCUT2D eigenvalue weighted by molar-refractivity contribution is -0.150. The van der Waals surface area contributed by atoms with E-state index in [1.807, 2.05) is 30.3 Å². The van der Waals surface area contributed by atoms with E-state index < -0.39 is 70.4 Å². The Kier molecular flexibility index (Phi) is 8.70. The zero-order chi connectivity index (χ0) is 27.6. The average molecular weight is 588 g/mol. The molecule has 3 heterocycles. The van der Waals surface area contributed by atoms with Crippen LogP contribution in [-0.2, 0) is 43.1 Å². The number of hydrogen-bond donors (Lipinski definition) is 3. The number of nitrogens with one attached hydrogen (secondary N) is 1. The van der Waals surface area contributed by atoms with Crippen LogP contribution in [0.3, 0.4) is 0 Å². The van der Waals surface area contributed by atoms with Gasteiger partial charge >= 0.3 is 21.3 Å². The van der Waals surface area contributed by atoms with Gasteiger partial charge in [-0.05, 0) is 18.4 Å². The molecule has 16 heteroatoms. The number of phosphoric ester groups is 2. The van der Waals surface area contributed by atoms with E-state index in [0.29, 0.717) is 19.3 Å². The molecule has 0 spiro atoms. The number of nitrogens with zero attached hydrogens (tertiary/aromatic N) is 1. The molecule has 39 heavy (non-hydrogen) atoms. The number of aromatic amines is 1. The largest absolute Gasteiger partial charge is 0.481 e. The molecule has 4 unspecified atom stereocenters. The summed E-state index contributed by atoms with van der Waals surface area (Å²) in [6.07, 6.45) is 0.219. The molecule has 214 valence electrons. The first-order chi connectivity index (χ1) is 18.6. The number of H-pyrrole nitrogens is 1. The summed E-state index contributed by atoms with van der Waals surface area (Å²) in [6, 6.07) is 10.5. The van der Waals surface area contributed by atoms with Gasteiger partial charge in [0.15, 0.2) is 12.5 Å². The van der Waals surface area contributed by atoms with Crippen LogP contribution in [0.25, 0.3) is 0 Å². The summed E-state index contributed by atoms with van der Waals surface area (Å²) in [5.41, 5.74) is -0.419. The molecule has 2 saturated heterocycles. The normalized spacial score (nSPS) is 30.5. The van der Waals surface area contributed by atoms with E-state index in [1.54, 1.807) is 0 Å². The first kappa shape index (κ1) is 28.6. The number of rotatable bonds is 10. The summed E-state index contributed by atoms with van der Waals surface area (Å²) in [6.45, 7) is -0.603. The van der Waals surface area contributed by atoms with Crippen molar-refractivity contribution in [3.05, 3.63) is 69.0 Å². The molecule has 3 N–H and O–H groups in total. The fraction of sp³-hybridized carbons (Fsp3) is 0.565. The first-order valence-electron chi connectivity index (χ1n) is 12.6. The lowest BCUT2D eigenvalue weighted by atomic mass is 9.98. The van der Waals surface area contributed by atoms with E-state index in [-0.39, 0.29) is 0 Å². The number of benzene rings is 1. The van der Waals surface area contributed by atoms with Gasteiger partial charge in [-0.25, -0.2) is 13.9 Å². The third-order valence-corrected chi connectivity index (χ3v) is 9.41. The predicted octanol–water partition coefficient (Wildman–Crippen LogP) is 2.37. The minimum atomic E-state index is -5.08. The highest BCUT2D eigenvalue weighted by atomic mass is 31.3. The number of aromatic nitrogens is 2. The molecule has 0 amide bonds. The highest BCUT2D eigenvalue weighted by molar-refractivity contribution is 7.61. The van der Waals surface area contributed by atoms with Gasteiger partial charge in [-0.15, -0.1) is 0 Å². The van der Waals surface area contributed by atoms with Crippen LogP contribution in [0, 0.1) is 0 Å². The molecule has 1 saturated carbocycles. The maximum absolute atomic E-state index is 12.5. The molecular weight excluding hydrogens is 558 g/mol. The topological polar surface area (TPSA) is 185 Å². The second kappa shape index (κ2) is 11.9. The molecule has 1 aromatic carbocycles. The number of fused-ring (bicyclic) bond motifs is 1. The number of ether oxygens (including phenoxy) is 3. The molecule has 7 atom stereocenters. The van der Waals surface area contributed by atoms with Crippen molar-refractivity contribution < 1.29 is 46.5 Å². The average Bonchev–Trinajstić information content (AvgIpc) is 3.42. The molecule has 5 rings (SSSR count). The third kappa shape index (κ3) is 7.22. The molecule has 2 aromatic rings. The van der Waals surface area contributed by atoms with E-state index in [4.69, 9.17) is 23.3 Å². The summed E-state index contributed by atoms with van der Waals surface area (Å²) >= 11 is 0. The Labute approximate surface area is 223 Å². The summed E-state index contributed by atoms with van der Waals surface area (Å²) < 4.78 is 58.5. The van der Waals surface area contributed by atoms with Gasteiger partial charge in [0.1, 0.15) is 18.3 Å². The minimum absolute atomic E-state index is 0.377. The molecule has 14 nitrogen and oxygen atoms in total. The van der Waals surface area contributed by atoms with Crippen molar-refractivity contribution in [1.82, 2.24) is 9.55 Å². The van der Waals surface area contributed by atoms with Crippen LogP contribution in [0.15, 0.2) is 52.2 Å². The van der Waals surface area contributed by atoms with Crippen molar-refractivity contribution >= 4 is 15.6 Å². The Morgan fingerprint density at radius 2 is 1.67 bits per heavy atom. The minimum Gasteiger partial charge on any atom is -0.346 e. The van der Waals surface area contributed by atoms with Crippen LogP contribution >= 0.6 is 15.6 Å². The molecule has 1 aliphatic carbocycles. The van der Waals surface area contributed by atoms with Crippen molar-refractivity contribution in [2.24, 2.45) is 0 Å². The van der Waals surface area contributed by atoms with Gasteiger partial charge < -0.3 is 24.0 Å². The Morgan fingerprint density at radius 3 is 2.38 bits per heavy atom. The van der Waals surface area contributed by atoms with Crippen LogP contribution in [0.4, 0.5) is 0 Å². The van der Waals surface area contributed by atoms with Gasteiger partial charge in [-0.2, -0.15) is 4.31 Å². The van der Waals surface area contributed by atoms with Crippen molar-refractivity contribution in [3.63, 3.8) is 0 Å². The second-order valence-electron chi connectivity index (χ2n) is 9.58. The SMILES string of the molecule is O=c1ccn([C@@H]2O[C@H](COP(=O)(O)OP(=O)(O)OC3CCCCC3)[C@H]3OC(Cc4ccccc4)OC23)c(=O)[nH]1. The summed E-state index contributed by atoms with van der Waals surface area (Å²) in [7, 11) is -9.98. The summed E-state index contributed by atoms with van der Waals surface area (Å²) in [4.78, 5) is 46.3. The standard InChI is InChI=1S/C23H30N2O12P2/c26-18-11-12-25(23(27)24-18)22-21-20(34-19(35-21)13-15-7-3-1-4-8-15)17(33-22)14-32-38(28,29)37-39(30,31)36-16-9-5-2-6-10-16/h1,3-4,7-8,11-12,16-17,19-22H,2,5-6,9-10,13-14H2,(H,28,29)(H,30,31)(H,24,26,27)/t17-,19?,20-,21?,22-/m1/s1. The second-order valence-corrected chi connectivity index (χ2v) is 12.6. The van der Waals surface area contributed by atoms with Gasteiger partial charge in [-0.1, -0.05) is 49.6 Å². The van der Waals surface area contributed by atoms with Crippen molar-refractivity contribution in [2.45, 2.75) is 75.5 Å². The van der Waals surface area contributed by atoms with E-state index >= 15 is 0 Å². The molecule has 3 fully saturated rings. The maximum Gasteiger partial charge on any atom is 0.481 e. The van der Waals surface area contributed by atoms with Crippen LogP contribution in [-0.4, -0.2) is 56.7 Å². The third-order valence-electron chi connectivity index (χ3n) is 6.72. The zero-order valence-electron chi connectivity index (χ0n) is 20.8. The van der Waals surface area contributed by atoms with Gasteiger partial charge in [-0.3, -0.25) is 23.4 Å². The summed E-state index contributed by atoms with van der Waals surface area (Å²) in [5.74, 6) is 0. The predicted molar refractivity (Wildman–Crippen MR) is 134 cm³/mol. The Morgan fingerprint density at radius 1 is 0.949 bits per heavy atom. The molecule has 2 aliphatic heterocycles. The lowest BCUT2D eigenvalue weighted by Gasteiger charge is -2.25. The fourth-order valence-electron chi connectivity index (χ4n) is 4.99. The van der Waals surface area contributed by atoms with E-state index in [9.17, 15) is 28.5 Å². The van der Waals surface area contributed by atoms with Gasteiger partial charge in [0, 0.05) is 18.7 Å². The van der Waals surface area contributed by atoms with Crippen molar-refractivity contribution in [3.8, 4) is 0 Å². The maximum atomic E-state index is 12.5. The van der Waals surface area contributed by atoms with E-state index in [1.165, 1.54) is 6.20 Å². The van der Waals surface area contributed by atoms with Crippen molar-refractivity contribution in [2.75, 3.05) is 6.61 Å². The Balaban J connectivity index is 1.27. The lowest BCUT2D eigenvalue weighted by Crippen LogP contribution is -2.36. The highest BCUT2D eigenvalue weighted by Crippen LogP contribution is 2.61. The molecule has 0 bridgehead atoms. The van der Waals surface area contributed by atoms with E-state index in [2.05, 4.69) is 9.29 Å². The first-order valence-corrected chi connectivity index (χ1v) is 15.6. The molecule has 0 radical (unpaired) electrons. The van der Waals surface area contributed by atoms with E-state index in [0.717, 1.165) is 35.5 Å². The van der Waals surface area contributed by atoms with Gasteiger partial charge in [0.05, 0.1) is 12.7 Å². The Bertz CT molecular complexity index is 1340. The highest BCUT2D eigenvalue weighted by Gasteiger charge is 2.54. The molecule has 1 aromatic heterocycles. The number of phosphoric acid groups is 2. The quantitative estimate of drug-likeness (QED) is 0.345. The molecule has 3 aliphatic rings. The summed E-state index contributed by atoms with van der Waals surface area (Å²) in [5, 5.41) is 0. The van der Waals surface area contributed by atoms with Crippen LogP contribution in [0.5, 0.6) is 0 Å². The van der Waals surface area contributed by atoms with Crippen LogP contribution < -0.4 is 11.2 Å². The van der Waals surface area contributed by atoms with Crippen LogP contribution in [0.2, 0.25) is 0 Å².